The third kappa shape index (κ3) is 4.76. The molecule has 0 N–H and O–H groups in total. The molecule has 0 aromatic rings. The summed E-state index contributed by atoms with van der Waals surface area (Å²) in [6.07, 6.45) is 6.57. The second-order valence-electron chi connectivity index (χ2n) is 3.67. The average Bonchev–Trinajstić information content (AvgIpc) is 2.13. The van der Waals surface area contributed by atoms with Gasteiger partial charge in [0.2, 0.25) is 0 Å². The van der Waals surface area contributed by atoms with Crippen molar-refractivity contribution in [2.45, 2.75) is 50.3 Å². The van der Waals surface area contributed by atoms with E-state index in [1.165, 1.54) is 12.8 Å². The van der Waals surface area contributed by atoms with Gasteiger partial charge < -0.3 is 0 Å². The summed E-state index contributed by atoms with van der Waals surface area (Å²) in [7, 11) is 2.12. The third-order valence-corrected chi connectivity index (χ3v) is 3.36. The third-order valence-electron chi connectivity index (χ3n) is 2.48. The van der Waals surface area contributed by atoms with Gasteiger partial charge in [0, 0.05) is 16.7 Å². The summed E-state index contributed by atoms with van der Waals surface area (Å²) in [5.74, 6) is 0. The van der Waals surface area contributed by atoms with Crippen molar-refractivity contribution in [2.24, 2.45) is 0 Å². The maximum atomic E-state index is 4.61. The van der Waals surface area contributed by atoms with Gasteiger partial charge in [-0.3, -0.25) is 4.90 Å². The molecule has 0 aliphatic carbocycles. The minimum Gasteiger partial charge on any atom is -0.291 e. The van der Waals surface area contributed by atoms with E-state index in [9.17, 15) is 0 Å². The van der Waals surface area contributed by atoms with Crippen LogP contribution in [-0.2, 0) is 0 Å². The zero-order valence-corrected chi connectivity index (χ0v) is 11.4. The summed E-state index contributed by atoms with van der Waals surface area (Å²) >= 11 is 9.07. The lowest BCUT2D eigenvalue weighted by atomic mass is 10.1. The fourth-order valence-corrected chi connectivity index (χ4v) is 2.22. The summed E-state index contributed by atoms with van der Waals surface area (Å²) < 4.78 is 0. The minimum atomic E-state index is 0.284. The molecule has 0 aromatic carbocycles. The first-order chi connectivity index (χ1) is 6.54. The summed E-state index contributed by atoms with van der Waals surface area (Å²) in [5, 5.41) is 0.589. The molecule has 84 valence electrons. The number of allylic oxidation sites excluding steroid dienone is 1. The van der Waals surface area contributed by atoms with Crippen LogP contribution in [0.25, 0.3) is 0 Å². The molecule has 14 heavy (non-hydrogen) atoms. The topological polar surface area (TPSA) is 3.24 Å². The molecule has 0 rings (SSSR count). The Morgan fingerprint density at radius 2 is 1.93 bits per heavy atom. The van der Waals surface area contributed by atoms with Gasteiger partial charge in [-0.2, -0.15) is 25.3 Å². The van der Waals surface area contributed by atoms with Crippen molar-refractivity contribution < 1.29 is 0 Å². The maximum absolute atomic E-state index is 4.61. The lowest BCUT2D eigenvalue weighted by molar-refractivity contribution is 0.229. The molecule has 0 radical (unpaired) electrons. The van der Waals surface area contributed by atoms with Crippen molar-refractivity contribution in [2.75, 3.05) is 7.05 Å². The Labute approximate surface area is 99.8 Å². The van der Waals surface area contributed by atoms with Gasteiger partial charge in [0.15, 0.2) is 0 Å². The van der Waals surface area contributed by atoms with Gasteiger partial charge in [-0.05, 0) is 27.3 Å². The van der Waals surface area contributed by atoms with E-state index in [2.05, 4.69) is 63.2 Å². The Kier molecular flexibility index (Phi) is 7.88. The van der Waals surface area contributed by atoms with Crippen LogP contribution in [0.2, 0.25) is 0 Å². The monoisotopic (exact) mass is 233 g/mol. The summed E-state index contributed by atoms with van der Waals surface area (Å²) in [5.41, 5.74) is 0. The van der Waals surface area contributed by atoms with Gasteiger partial charge in [-0.15, -0.1) is 0 Å². The number of nitrogens with zero attached hydrogens (tertiary/aromatic N) is 1. The van der Waals surface area contributed by atoms with Crippen molar-refractivity contribution in [3.05, 3.63) is 12.2 Å². The molecule has 1 nitrogen and oxygen atoms in total. The van der Waals surface area contributed by atoms with Crippen molar-refractivity contribution in [1.29, 1.82) is 0 Å². The largest absolute Gasteiger partial charge is 0.291 e. The van der Waals surface area contributed by atoms with E-state index in [0.29, 0.717) is 11.3 Å². The molecule has 0 bridgehead atoms. The quantitative estimate of drug-likeness (QED) is 0.405. The van der Waals surface area contributed by atoms with E-state index >= 15 is 0 Å². The van der Waals surface area contributed by atoms with Crippen LogP contribution in [0.15, 0.2) is 12.2 Å². The molecule has 0 fully saturated rings. The fraction of sp³-hybridized carbons (Fsp3) is 0.818. The van der Waals surface area contributed by atoms with E-state index < -0.39 is 0 Å². The molecule has 0 amide bonds. The van der Waals surface area contributed by atoms with Gasteiger partial charge in [-0.25, -0.2) is 0 Å². The first-order valence-corrected chi connectivity index (χ1v) is 6.28. The first kappa shape index (κ1) is 14.4. The highest BCUT2D eigenvalue weighted by Gasteiger charge is 2.21. The van der Waals surface area contributed by atoms with Crippen LogP contribution in [0.1, 0.15) is 33.6 Å². The second kappa shape index (κ2) is 7.66. The summed E-state index contributed by atoms with van der Waals surface area (Å²) in [6.45, 7) is 6.35. The zero-order valence-electron chi connectivity index (χ0n) is 9.64. The molecule has 0 heterocycles. The van der Waals surface area contributed by atoms with Crippen molar-refractivity contribution >= 4 is 25.3 Å². The van der Waals surface area contributed by atoms with Gasteiger partial charge >= 0.3 is 0 Å². The van der Waals surface area contributed by atoms with Gasteiger partial charge in [-0.1, -0.05) is 25.5 Å². The standard InChI is InChI=1S/C11H23NS2/c1-5-7-10(11(14)8-6-2)12(4)9(3)13/h6,8-11,13-14H,5,7H2,1-4H3/b8-6-. The Bertz CT molecular complexity index is 169. The van der Waals surface area contributed by atoms with E-state index in [-0.39, 0.29) is 5.37 Å². The Balaban J connectivity index is 4.40. The van der Waals surface area contributed by atoms with E-state index in [0.717, 1.165) is 0 Å². The SMILES string of the molecule is C/C=C\C(S)C(CCC)N(C)C(C)S. The predicted molar refractivity (Wildman–Crippen MR) is 72.5 cm³/mol. The summed E-state index contributed by atoms with van der Waals surface area (Å²) in [6, 6.07) is 0.479. The highest BCUT2D eigenvalue weighted by Crippen LogP contribution is 2.19. The second-order valence-corrected chi connectivity index (χ2v) is 5.01. The smallest absolute Gasteiger partial charge is 0.0499 e. The van der Waals surface area contributed by atoms with Crippen molar-refractivity contribution in [1.82, 2.24) is 4.90 Å². The molecule has 0 aliphatic rings. The molecular weight excluding hydrogens is 210 g/mol. The fourth-order valence-electron chi connectivity index (χ4n) is 1.51. The molecule has 0 spiro atoms. The Morgan fingerprint density at radius 3 is 2.29 bits per heavy atom. The van der Waals surface area contributed by atoms with Crippen LogP contribution in [0.4, 0.5) is 0 Å². The van der Waals surface area contributed by atoms with Crippen LogP contribution >= 0.6 is 25.3 Å². The summed E-state index contributed by atoms with van der Waals surface area (Å²) in [4.78, 5) is 2.28. The molecular formula is C11H23NS2. The molecule has 3 atom stereocenters. The normalized spacial score (nSPS) is 18.8. The molecule has 0 saturated heterocycles. The first-order valence-electron chi connectivity index (χ1n) is 5.25. The molecule has 0 aromatic heterocycles. The van der Waals surface area contributed by atoms with Crippen LogP contribution in [-0.4, -0.2) is 28.6 Å². The highest BCUT2D eigenvalue weighted by molar-refractivity contribution is 7.81. The van der Waals surface area contributed by atoms with Crippen molar-refractivity contribution in [3.8, 4) is 0 Å². The van der Waals surface area contributed by atoms with E-state index in [4.69, 9.17) is 0 Å². The van der Waals surface area contributed by atoms with Crippen molar-refractivity contribution in [3.63, 3.8) is 0 Å². The number of hydrogen-bond acceptors (Lipinski definition) is 3. The lowest BCUT2D eigenvalue weighted by Crippen LogP contribution is -2.41. The zero-order chi connectivity index (χ0) is 11.1. The molecule has 3 heteroatoms. The lowest BCUT2D eigenvalue weighted by Gasteiger charge is -2.33. The number of thiol groups is 2. The maximum Gasteiger partial charge on any atom is 0.0499 e. The van der Waals surface area contributed by atoms with E-state index in [1.54, 1.807) is 0 Å². The van der Waals surface area contributed by atoms with Crippen LogP contribution in [0, 0.1) is 0 Å². The van der Waals surface area contributed by atoms with Gasteiger partial charge in [0.1, 0.15) is 0 Å². The van der Waals surface area contributed by atoms with E-state index in [1.807, 2.05) is 6.92 Å². The number of rotatable bonds is 6. The molecule has 0 aliphatic heterocycles. The predicted octanol–water partition coefficient (Wildman–Crippen LogP) is 3.24. The van der Waals surface area contributed by atoms with Crippen LogP contribution in [0.3, 0.4) is 0 Å². The Hall–Kier alpha value is 0.400. The Morgan fingerprint density at radius 1 is 1.36 bits per heavy atom. The highest BCUT2D eigenvalue weighted by atomic mass is 32.1. The van der Waals surface area contributed by atoms with Gasteiger partial charge in [0.05, 0.1) is 0 Å². The molecule has 3 unspecified atom stereocenters. The minimum absolute atomic E-state index is 0.284. The van der Waals surface area contributed by atoms with Crippen LogP contribution in [0.5, 0.6) is 0 Å². The average molecular weight is 233 g/mol. The van der Waals surface area contributed by atoms with Gasteiger partial charge in [0.25, 0.3) is 0 Å². The molecule has 0 saturated carbocycles. The number of hydrogen-bond donors (Lipinski definition) is 2. The van der Waals surface area contributed by atoms with Crippen LogP contribution < -0.4 is 0 Å².